The van der Waals surface area contributed by atoms with Gasteiger partial charge in [0.1, 0.15) is 11.5 Å². The van der Waals surface area contributed by atoms with Gasteiger partial charge in [0.15, 0.2) is 6.61 Å². The Bertz CT molecular complexity index is 875. The molecule has 0 amide bonds. The molecule has 0 aliphatic carbocycles. The van der Waals surface area contributed by atoms with Crippen LogP contribution in [-0.2, 0) is 9.47 Å². The zero-order chi connectivity index (χ0) is 19.4. The molecule has 0 aliphatic heterocycles. The van der Waals surface area contributed by atoms with E-state index in [0.717, 1.165) is 6.07 Å². The predicted molar refractivity (Wildman–Crippen MR) is 94.9 cm³/mol. The van der Waals surface area contributed by atoms with Crippen molar-refractivity contribution in [2.75, 3.05) is 13.2 Å². The van der Waals surface area contributed by atoms with Crippen molar-refractivity contribution in [3.05, 3.63) is 56.6 Å². The fourth-order valence-corrected chi connectivity index (χ4v) is 2.87. The van der Waals surface area contributed by atoms with E-state index in [4.69, 9.17) is 9.47 Å². The Labute approximate surface area is 157 Å². The highest BCUT2D eigenvalue weighted by Crippen LogP contribution is 2.20. The molecular formula is C18H17BrFNO5. The van der Waals surface area contributed by atoms with Crippen molar-refractivity contribution < 1.29 is 28.2 Å². The number of Topliss-reactive ketones (excluding diaryl/α,β-unsaturated/α-hetero) is 1. The van der Waals surface area contributed by atoms with Crippen LogP contribution in [0, 0.1) is 19.7 Å². The molecule has 0 bridgehead atoms. The molecule has 0 unspecified atom stereocenters. The highest BCUT2D eigenvalue weighted by Gasteiger charge is 2.24. The number of ether oxygens (including phenoxy) is 2. The number of esters is 2. The second-order valence-electron chi connectivity index (χ2n) is 5.47. The van der Waals surface area contributed by atoms with Gasteiger partial charge < -0.3 is 14.5 Å². The molecule has 26 heavy (non-hydrogen) atoms. The van der Waals surface area contributed by atoms with Crippen molar-refractivity contribution in [1.82, 2.24) is 4.98 Å². The van der Waals surface area contributed by atoms with Gasteiger partial charge in [0.05, 0.1) is 12.2 Å². The molecule has 2 aromatic rings. The van der Waals surface area contributed by atoms with Crippen LogP contribution in [0.25, 0.3) is 0 Å². The van der Waals surface area contributed by atoms with Gasteiger partial charge in [-0.3, -0.25) is 4.79 Å². The average Bonchev–Trinajstić information content (AvgIpc) is 2.89. The molecule has 1 aromatic heterocycles. The number of hydrogen-bond donors (Lipinski definition) is 1. The van der Waals surface area contributed by atoms with Crippen LogP contribution in [0.15, 0.2) is 22.7 Å². The van der Waals surface area contributed by atoms with Crippen LogP contribution in [0.2, 0.25) is 0 Å². The van der Waals surface area contributed by atoms with Gasteiger partial charge in [-0.25, -0.2) is 14.0 Å². The van der Waals surface area contributed by atoms with E-state index in [1.165, 1.54) is 12.1 Å². The largest absolute Gasteiger partial charge is 0.461 e. The van der Waals surface area contributed by atoms with E-state index in [-0.39, 0.29) is 23.4 Å². The Kier molecular flexibility index (Phi) is 6.31. The third kappa shape index (κ3) is 4.19. The van der Waals surface area contributed by atoms with Crippen LogP contribution in [0.4, 0.5) is 4.39 Å². The SMILES string of the molecule is CCOC(=O)c1[nH]c(C)c(C(=O)COC(=O)c2cc(Br)ccc2F)c1C. The summed E-state index contributed by atoms with van der Waals surface area (Å²) in [7, 11) is 0. The molecule has 6 nitrogen and oxygen atoms in total. The van der Waals surface area contributed by atoms with Crippen LogP contribution in [0.5, 0.6) is 0 Å². The van der Waals surface area contributed by atoms with E-state index in [1.54, 1.807) is 20.8 Å². The highest BCUT2D eigenvalue weighted by molar-refractivity contribution is 9.10. The summed E-state index contributed by atoms with van der Waals surface area (Å²) in [5.41, 5.74) is 1.02. The first-order valence-corrected chi connectivity index (χ1v) is 8.57. The lowest BCUT2D eigenvalue weighted by molar-refractivity contribution is 0.0468. The van der Waals surface area contributed by atoms with Crippen LogP contribution in [-0.4, -0.2) is 35.9 Å². The van der Waals surface area contributed by atoms with E-state index in [9.17, 15) is 18.8 Å². The third-order valence-corrected chi connectivity index (χ3v) is 4.17. The minimum Gasteiger partial charge on any atom is -0.461 e. The number of nitrogens with one attached hydrogen (secondary N) is 1. The van der Waals surface area contributed by atoms with Gasteiger partial charge in [0.2, 0.25) is 5.78 Å². The summed E-state index contributed by atoms with van der Waals surface area (Å²) in [6.07, 6.45) is 0. The summed E-state index contributed by atoms with van der Waals surface area (Å²) in [6.45, 7) is 4.52. The Morgan fingerprint density at radius 1 is 1.15 bits per heavy atom. The maximum Gasteiger partial charge on any atom is 0.355 e. The summed E-state index contributed by atoms with van der Waals surface area (Å²) in [6, 6.07) is 3.84. The summed E-state index contributed by atoms with van der Waals surface area (Å²) in [5.74, 6) is -2.77. The molecule has 1 aromatic carbocycles. The van der Waals surface area contributed by atoms with Crippen LogP contribution < -0.4 is 0 Å². The standard InChI is InChI=1S/C18H17BrFNO5/c1-4-25-18(24)16-9(2)15(10(3)21-16)14(22)8-26-17(23)12-7-11(19)5-6-13(12)20/h5-7,21H,4,8H2,1-3H3. The first-order valence-electron chi connectivity index (χ1n) is 7.77. The van der Waals surface area contributed by atoms with Crippen molar-refractivity contribution in [3.8, 4) is 0 Å². The van der Waals surface area contributed by atoms with Crippen molar-refractivity contribution in [2.24, 2.45) is 0 Å². The summed E-state index contributed by atoms with van der Waals surface area (Å²) < 4.78 is 24.1. The van der Waals surface area contributed by atoms with Gasteiger partial charge in [-0.05, 0) is 44.5 Å². The molecule has 0 spiro atoms. The lowest BCUT2D eigenvalue weighted by Gasteiger charge is -2.06. The van der Waals surface area contributed by atoms with Crippen molar-refractivity contribution >= 4 is 33.7 Å². The van der Waals surface area contributed by atoms with E-state index in [1.807, 2.05) is 0 Å². The smallest absolute Gasteiger partial charge is 0.355 e. The van der Waals surface area contributed by atoms with Crippen LogP contribution in [0.3, 0.4) is 0 Å². The number of halogens is 2. The normalized spacial score (nSPS) is 10.5. The third-order valence-electron chi connectivity index (χ3n) is 3.68. The zero-order valence-corrected chi connectivity index (χ0v) is 16.0. The Morgan fingerprint density at radius 2 is 1.85 bits per heavy atom. The predicted octanol–water partition coefficient (Wildman–Crippen LogP) is 3.75. The summed E-state index contributed by atoms with van der Waals surface area (Å²) in [4.78, 5) is 39.1. The molecule has 2 rings (SSSR count). The fraction of sp³-hybridized carbons (Fsp3) is 0.278. The number of aryl methyl sites for hydroxylation is 1. The van der Waals surface area contributed by atoms with E-state index < -0.39 is 30.1 Å². The minimum atomic E-state index is -0.950. The topological polar surface area (TPSA) is 85.5 Å². The Balaban J connectivity index is 2.14. The van der Waals surface area contributed by atoms with Crippen molar-refractivity contribution in [2.45, 2.75) is 20.8 Å². The summed E-state index contributed by atoms with van der Waals surface area (Å²) in [5, 5.41) is 0. The van der Waals surface area contributed by atoms with Gasteiger partial charge in [-0.1, -0.05) is 15.9 Å². The number of aromatic nitrogens is 1. The zero-order valence-electron chi connectivity index (χ0n) is 14.4. The van der Waals surface area contributed by atoms with Crippen molar-refractivity contribution in [3.63, 3.8) is 0 Å². The number of ketones is 1. The van der Waals surface area contributed by atoms with Gasteiger partial charge >= 0.3 is 11.9 Å². The maximum absolute atomic E-state index is 13.7. The molecule has 0 saturated carbocycles. The first-order chi connectivity index (χ1) is 12.3. The molecular weight excluding hydrogens is 409 g/mol. The number of H-pyrrole nitrogens is 1. The molecule has 1 heterocycles. The van der Waals surface area contributed by atoms with Gasteiger partial charge in [-0.2, -0.15) is 0 Å². The number of aromatic amines is 1. The van der Waals surface area contributed by atoms with Crippen molar-refractivity contribution in [1.29, 1.82) is 0 Å². The second kappa shape index (κ2) is 8.27. The lowest BCUT2D eigenvalue weighted by Crippen LogP contribution is -2.16. The Morgan fingerprint density at radius 3 is 2.50 bits per heavy atom. The number of rotatable bonds is 6. The molecule has 0 fully saturated rings. The second-order valence-corrected chi connectivity index (χ2v) is 6.38. The monoisotopic (exact) mass is 425 g/mol. The highest BCUT2D eigenvalue weighted by atomic mass is 79.9. The number of carbonyl (C=O) groups is 3. The maximum atomic E-state index is 13.7. The van der Waals surface area contributed by atoms with Gasteiger partial charge in [0, 0.05) is 15.7 Å². The number of hydrogen-bond acceptors (Lipinski definition) is 5. The lowest BCUT2D eigenvalue weighted by atomic mass is 10.1. The Hall–Kier alpha value is -2.48. The quantitative estimate of drug-likeness (QED) is 0.562. The van der Waals surface area contributed by atoms with E-state index in [0.29, 0.717) is 15.7 Å². The summed E-state index contributed by atoms with van der Waals surface area (Å²) >= 11 is 3.14. The molecule has 0 saturated heterocycles. The minimum absolute atomic E-state index is 0.178. The molecule has 0 atom stereocenters. The molecule has 0 radical (unpaired) electrons. The van der Waals surface area contributed by atoms with Gasteiger partial charge in [-0.15, -0.1) is 0 Å². The number of carbonyl (C=O) groups excluding carboxylic acids is 3. The fourth-order valence-electron chi connectivity index (χ4n) is 2.51. The molecule has 1 N–H and O–H groups in total. The number of benzene rings is 1. The van der Waals surface area contributed by atoms with Crippen LogP contribution >= 0.6 is 15.9 Å². The molecule has 8 heteroatoms. The molecule has 0 aliphatic rings. The van der Waals surface area contributed by atoms with Crippen LogP contribution in [0.1, 0.15) is 49.4 Å². The van der Waals surface area contributed by atoms with Gasteiger partial charge in [0.25, 0.3) is 0 Å². The van der Waals surface area contributed by atoms with E-state index in [2.05, 4.69) is 20.9 Å². The first kappa shape index (κ1) is 19.8. The molecule has 138 valence electrons. The average molecular weight is 426 g/mol. The van der Waals surface area contributed by atoms with E-state index >= 15 is 0 Å².